The molecule has 0 N–H and O–H groups in total. The fraction of sp³-hybridized carbons (Fsp3) is 0.524. The predicted octanol–water partition coefficient (Wildman–Crippen LogP) is 3.62. The van der Waals surface area contributed by atoms with Crippen LogP contribution in [-0.2, 0) is 17.6 Å². The molecule has 1 saturated heterocycles. The average Bonchev–Trinajstić information content (AvgIpc) is 3.34. The Morgan fingerprint density at radius 3 is 2.81 bits per heavy atom. The minimum atomic E-state index is 0.147. The summed E-state index contributed by atoms with van der Waals surface area (Å²) in [6, 6.07) is 4.60. The van der Waals surface area contributed by atoms with Crippen molar-refractivity contribution >= 4 is 5.91 Å². The van der Waals surface area contributed by atoms with Gasteiger partial charge in [0.1, 0.15) is 11.6 Å². The first-order chi connectivity index (χ1) is 12.7. The molecule has 5 heteroatoms. The lowest BCUT2D eigenvalue weighted by Crippen LogP contribution is -2.26. The van der Waals surface area contributed by atoms with Crippen molar-refractivity contribution in [1.82, 2.24) is 14.5 Å². The number of hydrogen-bond acceptors (Lipinski definition) is 3. The van der Waals surface area contributed by atoms with Gasteiger partial charge in [-0.25, -0.2) is 4.98 Å². The van der Waals surface area contributed by atoms with E-state index < -0.39 is 0 Å². The maximum atomic E-state index is 12.3. The van der Waals surface area contributed by atoms with Crippen molar-refractivity contribution in [3.05, 3.63) is 35.7 Å². The lowest BCUT2D eigenvalue weighted by Gasteiger charge is -2.19. The molecule has 1 unspecified atom stereocenters. The second-order valence-electron chi connectivity index (χ2n) is 7.26. The molecule has 138 valence electrons. The molecule has 1 aromatic carbocycles. The highest BCUT2D eigenvalue weighted by Crippen LogP contribution is 2.37. The zero-order valence-electron chi connectivity index (χ0n) is 15.7. The molecular weight excluding hydrogens is 326 g/mol. The largest absolute Gasteiger partial charge is 0.493 e. The van der Waals surface area contributed by atoms with E-state index in [2.05, 4.69) is 28.6 Å². The monoisotopic (exact) mass is 353 g/mol. The van der Waals surface area contributed by atoms with Crippen LogP contribution in [0.3, 0.4) is 0 Å². The molecule has 1 atom stereocenters. The Morgan fingerprint density at radius 2 is 2.04 bits per heavy atom. The average molecular weight is 353 g/mol. The van der Waals surface area contributed by atoms with Gasteiger partial charge in [-0.1, -0.05) is 6.92 Å². The number of ether oxygens (including phenoxy) is 1. The van der Waals surface area contributed by atoms with Gasteiger partial charge in [-0.3, -0.25) is 4.79 Å². The lowest BCUT2D eigenvalue weighted by molar-refractivity contribution is -0.127. The maximum absolute atomic E-state index is 12.3. The van der Waals surface area contributed by atoms with E-state index in [0.717, 1.165) is 49.5 Å². The molecule has 1 aliphatic heterocycles. The van der Waals surface area contributed by atoms with Crippen LogP contribution in [-0.4, -0.2) is 40.1 Å². The van der Waals surface area contributed by atoms with Crippen LogP contribution >= 0.6 is 0 Å². The summed E-state index contributed by atoms with van der Waals surface area (Å²) in [6.07, 6.45) is 8.86. The number of carbonyl (C=O) groups is 1. The molecule has 1 fully saturated rings. The van der Waals surface area contributed by atoms with Gasteiger partial charge in [0, 0.05) is 31.9 Å². The van der Waals surface area contributed by atoms with E-state index in [1.54, 1.807) is 0 Å². The van der Waals surface area contributed by atoms with E-state index >= 15 is 0 Å². The summed E-state index contributed by atoms with van der Waals surface area (Å²) < 4.78 is 8.13. The highest BCUT2D eigenvalue weighted by Gasteiger charge is 2.32. The second-order valence-corrected chi connectivity index (χ2v) is 7.26. The number of benzene rings is 1. The third kappa shape index (κ3) is 3.00. The van der Waals surface area contributed by atoms with Gasteiger partial charge in [0.2, 0.25) is 5.91 Å². The van der Waals surface area contributed by atoms with Crippen molar-refractivity contribution in [2.45, 2.75) is 52.0 Å². The first-order valence-corrected chi connectivity index (χ1v) is 9.80. The molecule has 0 saturated carbocycles. The first-order valence-electron chi connectivity index (χ1n) is 9.80. The minimum Gasteiger partial charge on any atom is -0.493 e. The van der Waals surface area contributed by atoms with Crippen LogP contribution in [0.5, 0.6) is 5.75 Å². The number of imidazole rings is 1. The number of likely N-dealkylation sites (tertiary alicyclic amines) is 1. The Labute approximate surface area is 155 Å². The molecule has 2 aliphatic rings. The number of amides is 1. The standard InChI is InChI=1S/C21H27N3O2/c1-3-9-23-14-17(13-20(23)25)24-10-8-22-21(24)18-11-15-6-5-7-16(15)12-19(18)26-4-2/h8,10-12,17H,3-7,9,13-14H2,1-2H3. The van der Waals surface area contributed by atoms with Crippen LogP contribution in [0.25, 0.3) is 11.4 Å². The summed E-state index contributed by atoms with van der Waals surface area (Å²) in [6.45, 7) is 6.37. The molecule has 0 spiro atoms. The summed E-state index contributed by atoms with van der Waals surface area (Å²) in [5, 5.41) is 0. The van der Waals surface area contributed by atoms with Crippen LogP contribution in [0.2, 0.25) is 0 Å². The van der Waals surface area contributed by atoms with Crippen molar-refractivity contribution in [2.75, 3.05) is 19.7 Å². The highest BCUT2D eigenvalue weighted by atomic mass is 16.5. The second kappa shape index (κ2) is 7.14. The zero-order valence-corrected chi connectivity index (χ0v) is 15.7. The Bertz CT molecular complexity index is 812. The van der Waals surface area contributed by atoms with Crippen LogP contribution in [0.1, 0.15) is 50.3 Å². The fourth-order valence-corrected chi connectivity index (χ4v) is 4.29. The van der Waals surface area contributed by atoms with E-state index in [0.29, 0.717) is 13.0 Å². The van der Waals surface area contributed by atoms with Gasteiger partial charge in [-0.15, -0.1) is 0 Å². The van der Waals surface area contributed by atoms with Crippen molar-refractivity contribution in [1.29, 1.82) is 0 Å². The quantitative estimate of drug-likeness (QED) is 0.797. The number of aryl methyl sites for hydroxylation is 2. The fourth-order valence-electron chi connectivity index (χ4n) is 4.29. The molecule has 0 radical (unpaired) electrons. The van der Waals surface area contributed by atoms with E-state index in [-0.39, 0.29) is 11.9 Å². The van der Waals surface area contributed by atoms with Gasteiger partial charge in [-0.05, 0) is 55.9 Å². The number of fused-ring (bicyclic) bond motifs is 1. The smallest absolute Gasteiger partial charge is 0.224 e. The van der Waals surface area contributed by atoms with E-state index in [1.807, 2.05) is 24.2 Å². The summed E-state index contributed by atoms with van der Waals surface area (Å²) in [5.41, 5.74) is 3.87. The van der Waals surface area contributed by atoms with Crippen LogP contribution in [0.4, 0.5) is 0 Å². The lowest BCUT2D eigenvalue weighted by atomic mass is 10.0. The molecule has 1 aliphatic carbocycles. The summed E-state index contributed by atoms with van der Waals surface area (Å²) in [4.78, 5) is 18.9. The molecule has 0 bridgehead atoms. The molecule has 4 rings (SSSR count). The van der Waals surface area contributed by atoms with E-state index in [9.17, 15) is 4.79 Å². The number of hydrogen-bond donors (Lipinski definition) is 0. The van der Waals surface area contributed by atoms with Crippen LogP contribution in [0, 0.1) is 0 Å². The molecule has 2 heterocycles. The zero-order chi connectivity index (χ0) is 18.1. The third-order valence-electron chi connectivity index (χ3n) is 5.48. The maximum Gasteiger partial charge on any atom is 0.224 e. The highest BCUT2D eigenvalue weighted by molar-refractivity contribution is 5.79. The number of nitrogens with zero attached hydrogens (tertiary/aromatic N) is 3. The van der Waals surface area contributed by atoms with Gasteiger partial charge >= 0.3 is 0 Å². The van der Waals surface area contributed by atoms with Crippen molar-refractivity contribution in [2.24, 2.45) is 0 Å². The number of rotatable bonds is 6. The van der Waals surface area contributed by atoms with Gasteiger partial charge < -0.3 is 14.2 Å². The Morgan fingerprint density at radius 1 is 1.23 bits per heavy atom. The Kier molecular flexibility index (Phi) is 4.70. The van der Waals surface area contributed by atoms with Crippen molar-refractivity contribution < 1.29 is 9.53 Å². The summed E-state index contributed by atoms with van der Waals surface area (Å²) >= 11 is 0. The molecule has 26 heavy (non-hydrogen) atoms. The first kappa shape index (κ1) is 17.1. The van der Waals surface area contributed by atoms with Crippen LogP contribution < -0.4 is 4.74 Å². The van der Waals surface area contributed by atoms with Gasteiger partial charge in [0.25, 0.3) is 0 Å². The van der Waals surface area contributed by atoms with E-state index in [4.69, 9.17) is 4.74 Å². The predicted molar refractivity (Wildman–Crippen MR) is 101 cm³/mol. The SMILES string of the molecule is CCCN1CC(n2ccnc2-c2cc3c(cc2OCC)CCC3)CC1=O. The van der Waals surface area contributed by atoms with Gasteiger partial charge in [-0.2, -0.15) is 0 Å². The molecule has 2 aromatic rings. The Hall–Kier alpha value is -2.30. The molecular formula is C21H27N3O2. The van der Waals surface area contributed by atoms with Gasteiger partial charge in [0.15, 0.2) is 0 Å². The molecule has 1 aromatic heterocycles. The molecule has 1 amide bonds. The topological polar surface area (TPSA) is 47.4 Å². The van der Waals surface area contributed by atoms with Crippen LogP contribution in [0.15, 0.2) is 24.5 Å². The van der Waals surface area contributed by atoms with Crippen molar-refractivity contribution in [3.8, 4) is 17.1 Å². The molecule has 5 nitrogen and oxygen atoms in total. The number of aromatic nitrogens is 2. The third-order valence-corrected chi connectivity index (χ3v) is 5.48. The minimum absolute atomic E-state index is 0.147. The summed E-state index contributed by atoms with van der Waals surface area (Å²) in [5.74, 6) is 2.07. The Balaban J connectivity index is 1.70. The van der Waals surface area contributed by atoms with Crippen molar-refractivity contribution in [3.63, 3.8) is 0 Å². The normalized spacial score (nSPS) is 19.2. The summed E-state index contributed by atoms with van der Waals surface area (Å²) in [7, 11) is 0. The number of carbonyl (C=O) groups excluding carboxylic acids is 1. The van der Waals surface area contributed by atoms with Gasteiger partial charge in [0.05, 0.1) is 18.2 Å². The van der Waals surface area contributed by atoms with E-state index in [1.165, 1.54) is 17.5 Å².